The standard InChI is InChI=1S/C17H18/c1-2-5-11-16(10-4-1)14-8-9-15-17-12-6-3-7-13-17/h1-4,6-7,10,12-13,16H,5,8,11,14H2. The number of hydrogen-bond donors (Lipinski definition) is 0. The Bertz CT molecular complexity index is 440. The molecule has 0 N–H and O–H groups in total. The fourth-order valence-electron chi connectivity index (χ4n) is 1.99. The van der Waals surface area contributed by atoms with Crippen molar-refractivity contribution < 1.29 is 0 Å². The Morgan fingerprint density at radius 3 is 2.88 bits per heavy atom. The molecule has 1 aliphatic rings. The van der Waals surface area contributed by atoms with E-state index < -0.39 is 0 Å². The topological polar surface area (TPSA) is 0 Å². The fraction of sp³-hybridized carbons (Fsp3) is 0.294. The summed E-state index contributed by atoms with van der Waals surface area (Å²) in [5.74, 6) is 7.18. The average molecular weight is 222 g/mol. The zero-order chi connectivity index (χ0) is 11.8. The van der Waals surface area contributed by atoms with Gasteiger partial charge in [-0.15, -0.1) is 0 Å². The van der Waals surface area contributed by atoms with Gasteiger partial charge in [0.05, 0.1) is 0 Å². The van der Waals surface area contributed by atoms with Gasteiger partial charge in [-0.05, 0) is 37.3 Å². The van der Waals surface area contributed by atoms with Gasteiger partial charge < -0.3 is 0 Å². The molecule has 86 valence electrons. The highest BCUT2D eigenvalue weighted by Crippen LogP contribution is 2.17. The molecule has 1 aliphatic carbocycles. The quantitative estimate of drug-likeness (QED) is 0.653. The molecule has 0 fully saturated rings. The van der Waals surface area contributed by atoms with E-state index in [9.17, 15) is 0 Å². The van der Waals surface area contributed by atoms with Gasteiger partial charge in [-0.2, -0.15) is 0 Å². The van der Waals surface area contributed by atoms with E-state index in [1.807, 2.05) is 18.2 Å². The predicted molar refractivity (Wildman–Crippen MR) is 73.6 cm³/mol. The van der Waals surface area contributed by atoms with Crippen molar-refractivity contribution in [3.05, 3.63) is 60.2 Å². The zero-order valence-electron chi connectivity index (χ0n) is 10.1. The summed E-state index contributed by atoms with van der Waals surface area (Å²) < 4.78 is 0. The van der Waals surface area contributed by atoms with Crippen molar-refractivity contribution in [3.8, 4) is 11.8 Å². The van der Waals surface area contributed by atoms with E-state index in [0.29, 0.717) is 5.92 Å². The average Bonchev–Trinajstić information content (AvgIpc) is 2.65. The maximum atomic E-state index is 3.27. The fourth-order valence-corrected chi connectivity index (χ4v) is 1.99. The largest absolute Gasteiger partial charge is 0.0979 e. The Morgan fingerprint density at radius 2 is 2.00 bits per heavy atom. The van der Waals surface area contributed by atoms with Crippen molar-refractivity contribution in [2.45, 2.75) is 25.7 Å². The first-order valence-corrected chi connectivity index (χ1v) is 6.32. The van der Waals surface area contributed by atoms with Crippen LogP contribution in [-0.2, 0) is 0 Å². The van der Waals surface area contributed by atoms with Crippen molar-refractivity contribution in [1.29, 1.82) is 0 Å². The Labute approximate surface area is 104 Å². The van der Waals surface area contributed by atoms with E-state index in [1.165, 1.54) is 19.3 Å². The van der Waals surface area contributed by atoms with E-state index in [-0.39, 0.29) is 0 Å². The Hall–Kier alpha value is -1.74. The van der Waals surface area contributed by atoms with Crippen molar-refractivity contribution in [2.24, 2.45) is 5.92 Å². The van der Waals surface area contributed by atoms with Crippen LogP contribution in [0.1, 0.15) is 31.2 Å². The van der Waals surface area contributed by atoms with Crippen molar-refractivity contribution in [2.75, 3.05) is 0 Å². The normalized spacial score (nSPS) is 18.2. The molecule has 0 spiro atoms. The van der Waals surface area contributed by atoms with E-state index in [4.69, 9.17) is 0 Å². The highest BCUT2D eigenvalue weighted by Gasteiger charge is 2.03. The zero-order valence-corrected chi connectivity index (χ0v) is 10.1. The molecule has 1 aromatic carbocycles. The first-order valence-electron chi connectivity index (χ1n) is 6.32. The van der Waals surface area contributed by atoms with E-state index in [2.05, 4.69) is 48.3 Å². The first kappa shape index (κ1) is 11.7. The van der Waals surface area contributed by atoms with E-state index in [0.717, 1.165) is 12.0 Å². The van der Waals surface area contributed by atoms with Crippen molar-refractivity contribution >= 4 is 0 Å². The highest BCUT2D eigenvalue weighted by atomic mass is 14.1. The van der Waals surface area contributed by atoms with Gasteiger partial charge in [0, 0.05) is 12.0 Å². The number of hydrogen-bond acceptors (Lipinski definition) is 0. The predicted octanol–water partition coefficient (Wildman–Crippen LogP) is 4.34. The minimum Gasteiger partial charge on any atom is -0.0979 e. The lowest BCUT2D eigenvalue weighted by atomic mass is 9.98. The summed E-state index contributed by atoms with van der Waals surface area (Å²) in [6, 6.07) is 10.2. The van der Waals surface area contributed by atoms with Gasteiger partial charge in [0.2, 0.25) is 0 Å². The monoisotopic (exact) mass is 222 g/mol. The van der Waals surface area contributed by atoms with Crippen LogP contribution in [-0.4, -0.2) is 0 Å². The highest BCUT2D eigenvalue weighted by molar-refractivity contribution is 5.33. The summed E-state index contributed by atoms with van der Waals surface area (Å²) in [5.41, 5.74) is 1.12. The third-order valence-electron chi connectivity index (χ3n) is 2.98. The van der Waals surface area contributed by atoms with Crippen LogP contribution in [0.3, 0.4) is 0 Å². The molecule has 0 nitrogen and oxygen atoms in total. The van der Waals surface area contributed by atoms with Crippen LogP contribution in [0.4, 0.5) is 0 Å². The van der Waals surface area contributed by atoms with Crippen LogP contribution in [0.2, 0.25) is 0 Å². The molecule has 0 amide bonds. The van der Waals surface area contributed by atoms with Gasteiger partial charge in [-0.1, -0.05) is 54.3 Å². The minimum absolute atomic E-state index is 0.704. The third kappa shape index (κ3) is 4.33. The van der Waals surface area contributed by atoms with Crippen LogP contribution in [0, 0.1) is 17.8 Å². The van der Waals surface area contributed by atoms with Crippen LogP contribution < -0.4 is 0 Å². The van der Waals surface area contributed by atoms with Crippen LogP contribution in [0.5, 0.6) is 0 Å². The van der Waals surface area contributed by atoms with E-state index in [1.54, 1.807) is 0 Å². The van der Waals surface area contributed by atoms with Crippen molar-refractivity contribution in [3.63, 3.8) is 0 Å². The summed E-state index contributed by atoms with van der Waals surface area (Å²) in [7, 11) is 0. The molecule has 0 heterocycles. The molecule has 0 aromatic heterocycles. The van der Waals surface area contributed by atoms with E-state index >= 15 is 0 Å². The van der Waals surface area contributed by atoms with Crippen LogP contribution in [0.15, 0.2) is 54.6 Å². The molecule has 1 aromatic rings. The van der Waals surface area contributed by atoms with Gasteiger partial charge in [0.1, 0.15) is 0 Å². The second kappa shape index (κ2) is 6.76. The summed E-state index contributed by atoms with van der Waals surface area (Å²) in [6.45, 7) is 0. The molecule has 0 radical (unpaired) electrons. The van der Waals surface area contributed by atoms with Gasteiger partial charge in [-0.25, -0.2) is 0 Å². The Morgan fingerprint density at radius 1 is 1.12 bits per heavy atom. The molecular formula is C17H18. The van der Waals surface area contributed by atoms with Gasteiger partial charge in [-0.3, -0.25) is 0 Å². The summed E-state index contributed by atoms with van der Waals surface area (Å²) >= 11 is 0. The number of benzene rings is 1. The second-order valence-corrected chi connectivity index (χ2v) is 4.36. The van der Waals surface area contributed by atoms with Crippen LogP contribution >= 0.6 is 0 Å². The molecule has 0 saturated carbocycles. The number of rotatable bonds is 2. The molecule has 0 saturated heterocycles. The molecule has 0 heteroatoms. The van der Waals surface area contributed by atoms with Gasteiger partial charge in [0.25, 0.3) is 0 Å². The Kier molecular flexibility index (Phi) is 4.67. The lowest BCUT2D eigenvalue weighted by Gasteiger charge is -2.07. The lowest BCUT2D eigenvalue weighted by Crippen LogP contribution is -1.94. The molecule has 17 heavy (non-hydrogen) atoms. The Balaban J connectivity index is 1.78. The van der Waals surface area contributed by atoms with Crippen LogP contribution in [0.25, 0.3) is 0 Å². The lowest BCUT2D eigenvalue weighted by molar-refractivity contribution is 0.562. The maximum absolute atomic E-state index is 3.27. The maximum Gasteiger partial charge on any atom is 0.0245 e. The summed E-state index contributed by atoms with van der Waals surface area (Å²) in [4.78, 5) is 0. The molecule has 0 aliphatic heterocycles. The van der Waals surface area contributed by atoms with Gasteiger partial charge in [0.15, 0.2) is 0 Å². The summed E-state index contributed by atoms with van der Waals surface area (Å²) in [6.07, 6.45) is 13.5. The summed E-state index contributed by atoms with van der Waals surface area (Å²) in [5, 5.41) is 0. The minimum atomic E-state index is 0.704. The molecule has 2 rings (SSSR count). The third-order valence-corrected chi connectivity index (χ3v) is 2.98. The first-order chi connectivity index (χ1) is 8.45. The molecular weight excluding hydrogens is 204 g/mol. The van der Waals surface area contributed by atoms with Crippen molar-refractivity contribution in [1.82, 2.24) is 0 Å². The molecule has 1 atom stereocenters. The second-order valence-electron chi connectivity index (χ2n) is 4.36. The molecule has 0 bridgehead atoms. The SMILES string of the molecule is C(#Cc1ccccc1)CCC1C=CC=CCC1. The van der Waals surface area contributed by atoms with Gasteiger partial charge >= 0.3 is 0 Å². The molecule has 1 unspecified atom stereocenters. The number of allylic oxidation sites excluding steroid dienone is 4. The smallest absolute Gasteiger partial charge is 0.0245 e.